The Bertz CT molecular complexity index is 627. The number of nitrogens with zero attached hydrogens (tertiary/aromatic N) is 1. The highest BCUT2D eigenvalue weighted by Crippen LogP contribution is 2.48. The van der Waals surface area contributed by atoms with Crippen molar-refractivity contribution >= 4 is 27.3 Å². The first-order chi connectivity index (χ1) is 9.89. The number of nitrogens with two attached hydrogens (primary N) is 1. The SMILES string of the molecule is CN(CC1CC2CCC1C2)S(=O)(=O)c1c(N)cccc1Cl. The van der Waals surface area contributed by atoms with Crippen molar-refractivity contribution in [3.63, 3.8) is 0 Å². The van der Waals surface area contributed by atoms with Crippen LogP contribution in [0.1, 0.15) is 25.7 Å². The van der Waals surface area contributed by atoms with Crippen LogP contribution in [0.25, 0.3) is 0 Å². The van der Waals surface area contributed by atoms with E-state index in [2.05, 4.69) is 0 Å². The van der Waals surface area contributed by atoms with E-state index in [1.165, 1.54) is 23.6 Å². The summed E-state index contributed by atoms with van der Waals surface area (Å²) in [5, 5.41) is 0.190. The van der Waals surface area contributed by atoms with Crippen LogP contribution in [-0.4, -0.2) is 26.3 Å². The molecule has 1 aromatic carbocycles. The van der Waals surface area contributed by atoms with Gasteiger partial charge in [-0.05, 0) is 49.1 Å². The average molecular weight is 329 g/mol. The van der Waals surface area contributed by atoms with Crippen molar-refractivity contribution in [2.45, 2.75) is 30.6 Å². The lowest BCUT2D eigenvalue weighted by atomic mass is 9.89. The van der Waals surface area contributed by atoms with Gasteiger partial charge in [-0.3, -0.25) is 0 Å². The van der Waals surface area contributed by atoms with Crippen LogP contribution >= 0.6 is 11.6 Å². The smallest absolute Gasteiger partial charge is 0.246 e. The van der Waals surface area contributed by atoms with Crippen LogP contribution in [0.15, 0.2) is 23.1 Å². The summed E-state index contributed by atoms with van der Waals surface area (Å²) in [6.45, 7) is 0.564. The van der Waals surface area contributed by atoms with Crippen molar-refractivity contribution in [2.24, 2.45) is 17.8 Å². The van der Waals surface area contributed by atoms with Crippen molar-refractivity contribution in [2.75, 3.05) is 19.3 Å². The Kier molecular flexibility index (Phi) is 3.93. The molecular weight excluding hydrogens is 308 g/mol. The molecular formula is C15H21ClN2O2S. The number of hydrogen-bond donors (Lipinski definition) is 1. The second-order valence-corrected chi connectivity index (χ2v) is 8.77. The third-order valence-corrected chi connectivity index (χ3v) is 7.41. The largest absolute Gasteiger partial charge is 0.398 e. The zero-order chi connectivity index (χ0) is 15.2. The van der Waals surface area contributed by atoms with E-state index in [4.69, 9.17) is 17.3 Å². The first-order valence-corrected chi connectivity index (χ1v) is 9.21. The molecule has 1 aromatic rings. The summed E-state index contributed by atoms with van der Waals surface area (Å²) in [4.78, 5) is 0.0392. The zero-order valence-corrected chi connectivity index (χ0v) is 13.7. The van der Waals surface area contributed by atoms with Gasteiger partial charge in [0.1, 0.15) is 4.90 Å². The summed E-state index contributed by atoms with van der Waals surface area (Å²) in [6.07, 6.45) is 4.99. The molecule has 2 saturated carbocycles. The van der Waals surface area contributed by atoms with Crippen molar-refractivity contribution in [3.8, 4) is 0 Å². The van der Waals surface area contributed by atoms with Gasteiger partial charge in [0, 0.05) is 13.6 Å². The van der Waals surface area contributed by atoms with E-state index in [9.17, 15) is 8.42 Å². The Hall–Kier alpha value is -0.780. The maximum atomic E-state index is 12.7. The Morgan fingerprint density at radius 1 is 1.33 bits per heavy atom. The minimum Gasteiger partial charge on any atom is -0.398 e. The number of benzene rings is 1. The Morgan fingerprint density at radius 2 is 2.10 bits per heavy atom. The fraction of sp³-hybridized carbons (Fsp3) is 0.600. The maximum Gasteiger partial charge on any atom is 0.246 e. The van der Waals surface area contributed by atoms with Crippen LogP contribution in [0.5, 0.6) is 0 Å². The lowest BCUT2D eigenvalue weighted by Gasteiger charge is -2.27. The van der Waals surface area contributed by atoms with Gasteiger partial charge in [0.15, 0.2) is 0 Å². The van der Waals surface area contributed by atoms with E-state index in [1.54, 1.807) is 25.2 Å². The molecule has 2 aliphatic rings. The maximum absolute atomic E-state index is 12.7. The number of halogens is 1. The van der Waals surface area contributed by atoms with E-state index < -0.39 is 10.0 Å². The van der Waals surface area contributed by atoms with Gasteiger partial charge in [-0.2, -0.15) is 0 Å². The molecule has 2 aliphatic carbocycles. The predicted molar refractivity (Wildman–Crippen MR) is 84.6 cm³/mol. The number of hydrogen-bond acceptors (Lipinski definition) is 3. The number of anilines is 1. The van der Waals surface area contributed by atoms with Crippen molar-refractivity contribution in [1.29, 1.82) is 0 Å². The summed E-state index contributed by atoms with van der Waals surface area (Å²) >= 11 is 6.05. The van der Waals surface area contributed by atoms with Gasteiger partial charge in [-0.15, -0.1) is 0 Å². The van der Waals surface area contributed by atoms with Gasteiger partial charge in [-0.1, -0.05) is 24.1 Å². The molecule has 0 aliphatic heterocycles. The second-order valence-electron chi connectivity index (χ2n) is 6.38. The molecule has 0 radical (unpaired) electrons. The van der Waals surface area contributed by atoms with E-state index in [-0.39, 0.29) is 15.6 Å². The van der Waals surface area contributed by atoms with Crippen molar-refractivity contribution in [1.82, 2.24) is 4.31 Å². The molecule has 3 atom stereocenters. The highest BCUT2D eigenvalue weighted by Gasteiger charge is 2.41. The molecule has 0 spiro atoms. The molecule has 3 rings (SSSR count). The third-order valence-electron chi connectivity index (χ3n) is 5.04. The van der Waals surface area contributed by atoms with Gasteiger partial charge in [0.05, 0.1) is 10.7 Å². The topological polar surface area (TPSA) is 63.4 Å². The monoisotopic (exact) mass is 328 g/mol. The minimum atomic E-state index is -3.63. The lowest BCUT2D eigenvalue weighted by Crippen LogP contribution is -2.34. The molecule has 6 heteroatoms. The molecule has 0 amide bonds. The van der Waals surface area contributed by atoms with Crippen LogP contribution in [0, 0.1) is 17.8 Å². The number of rotatable bonds is 4. The summed E-state index contributed by atoms with van der Waals surface area (Å²) in [5.74, 6) is 1.98. The quantitative estimate of drug-likeness (QED) is 0.864. The second kappa shape index (κ2) is 5.45. The molecule has 21 heavy (non-hydrogen) atoms. The van der Waals surface area contributed by atoms with Crippen molar-refractivity contribution in [3.05, 3.63) is 23.2 Å². The standard InChI is InChI=1S/C15H21ClN2O2S/c1-18(9-12-8-10-5-6-11(12)7-10)21(19,20)15-13(16)3-2-4-14(15)17/h2-4,10-12H,5-9,17H2,1H3. The molecule has 4 nitrogen and oxygen atoms in total. The molecule has 2 N–H and O–H groups in total. The summed E-state index contributed by atoms with van der Waals surface area (Å²) in [6, 6.07) is 4.80. The van der Waals surface area contributed by atoms with Gasteiger partial charge >= 0.3 is 0 Å². The van der Waals surface area contributed by atoms with E-state index in [1.807, 2.05) is 0 Å². The number of sulfonamides is 1. The highest BCUT2D eigenvalue weighted by molar-refractivity contribution is 7.89. The van der Waals surface area contributed by atoms with Crippen molar-refractivity contribution < 1.29 is 8.42 Å². The Morgan fingerprint density at radius 3 is 2.67 bits per heavy atom. The Labute approximate surface area is 131 Å². The molecule has 2 bridgehead atoms. The van der Waals surface area contributed by atoms with Crippen LogP contribution < -0.4 is 5.73 Å². The highest BCUT2D eigenvalue weighted by atomic mass is 35.5. The normalized spacial score (nSPS) is 28.4. The lowest BCUT2D eigenvalue weighted by molar-refractivity contribution is 0.280. The van der Waals surface area contributed by atoms with Crippen LogP contribution in [0.4, 0.5) is 5.69 Å². The van der Waals surface area contributed by atoms with Gasteiger partial charge in [-0.25, -0.2) is 12.7 Å². The third kappa shape index (κ3) is 2.67. The van der Waals surface area contributed by atoms with Gasteiger partial charge in [0.25, 0.3) is 0 Å². The summed E-state index contributed by atoms with van der Waals surface area (Å²) < 4.78 is 26.9. The molecule has 3 unspecified atom stereocenters. The summed E-state index contributed by atoms with van der Waals surface area (Å²) in [7, 11) is -2.00. The van der Waals surface area contributed by atoms with Crippen LogP contribution in [0.2, 0.25) is 5.02 Å². The minimum absolute atomic E-state index is 0.0392. The predicted octanol–water partition coefficient (Wildman–Crippen LogP) is 2.98. The van der Waals surface area contributed by atoms with E-state index in [0.717, 1.165) is 12.3 Å². The Balaban J connectivity index is 1.81. The molecule has 2 fully saturated rings. The zero-order valence-electron chi connectivity index (χ0n) is 12.1. The fourth-order valence-corrected chi connectivity index (χ4v) is 5.84. The molecule has 0 heterocycles. The van der Waals surface area contributed by atoms with Crippen LogP contribution in [0.3, 0.4) is 0 Å². The molecule has 0 saturated heterocycles. The van der Waals surface area contributed by atoms with Crippen LogP contribution in [-0.2, 0) is 10.0 Å². The number of fused-ring (bicyclic) bond motifs is 2. The number of nitrogen functional groups attached to an aromatic ring is 1. The van der Waals surface area contributed by atoms with E-state index in [0.29, 0.717) is 18.4 Å². The first-order valence-electron chi connectivity index (χ1n) is 7.40. The van der Waals surface area contributed by atoms with Gasteiger partial charge in [0.2, 0.25) is 10.0 Å². The first kappa shape index (κ1) is 15.1. The molecule has 0 aromatic heterocycles. The molecule has 116 valence electrons. The van der Waals surface area contributed by atoms with E-state index >= 15 is 0 Å². The fourth-order valence-electron chi connectivity index (χ4n) is 3.98. The van der Waals surface area contributed by atoms with Gasteiger partial charge < -0.3 is 5.73 Å². The summed E-state index contributed by atoms with van der Waals surface area (Å²) in [5.41, 5.74) is 6.03. The average Bonchev–Trinajstić information content (AvgIpc) is 3.00.